The largest absolute Gasteiger partial charge is 0.492 e. The van der Waals surface area contributed by atoms with E-state index < -0.39 is 0 Å². The third-order valence-electron chi connectivity index (χ3n) is 4.76. The minimum absolute atomic E-state index is 0. The lowest BCUT2D eigenvalue weighted by molar-refractivity contribution is -0.121. The molecule has 2 aromatic rings. The highest BCUT2D eigenvalue weighted by atomic mass is 35.5. The number of rotatable bonds is 8. The number of hydrogen-bond donors (Lipinski definition) is 2. The molecule has 2 N–H and O–H groups in total. The fourth-order valence-electron chi connectivity index (χ4n) is 3.20. The molecule has 0 radical (unpaired) electrons. The van der Waals surface area contributed by atoms with Crippen molar-refractivity contribution < 1.29 is 14.3 Å². The van der Waals surface area contributed by atoms with Gasteiger partial charge in [0.1, 0.15) is 12.4 Å². The number of carbonyl (C=O) groups is 2. The molecule has 1 aliphatic rings. The summed E-state index contributed by atoms with van der Waals surface area (Å²) in [6, 6.07) is 13.0. The summed E-state index contributed by atoms with van der Waals surface area (Å²) in [5.41, 5.74) is 3.24. The number of benzene rings is 2. The van der Waals surface area contributed by atoms with Crippen LogP contribution in [0.4, 0.5) is 0 Å². The van der Waals surface area contributed by atoms with Crippen molar-refractivity contribution in [3.8, 4) is 5.75 Å². The molecule has 1 heterocycles. The molecule has 1 aliphatic heterocycles. The fourth-order valence-corrected chi connectivity index (χ4v) is 3.32. The second-order valence-corrected chi connectivity index (χ2v) is 7.25. The molecule has 0 bridgehead atoms. The van der Waals surface area contributed by atoms with Crippen LogP contribution in [0.1, 0.15) is 34.3 Å². The molecule has 0 spiro atoms. The average Bonchev–Trinajstić information content (AvgIpc) is 2.95. The number of amides is 1. The van der Waals surface area contributed by atoms with E-state index in [4.69, 9.17) is 16.3 Å². The molecule has 7 heteroatoms. The number of ether oxygens (including phenoxy) is 1. The van der Waals surface area contributed by atoms with Crippen molar-refractivity contribution in [3.05, 3.63) is 64.2 Å². The van der Waals surface area contributed by atoms with Gasteiger partial charge >= 0.3 is 0 Å². The van der Waals surface area contributed by atoms with Crippen molar-refractivity contribution in [3.63, 3.8) is 0 Å². The van der Waals surface area contributed by atoms with Gasteiger partial charge in [0.05, 0.1) is 6.54 Å². The van der Waals surface area contributed by atoms with Gasteiger partial charge in [-0.25, -0.2) is 0 Å². The maximum Gasteiger partial charge on any atom is 0.220 e. The highest BCUT2D eigenvalue weighted by Gasteiger charge is 2.13. The Hall–Kier alpha value is -2.08. The maximum absolute atomic E-state index is 12.4. The average molecular weight is 437 g/mol. The summed E-state index contributed by atoms with van der Waals surface area (Å²) in [7, 11) is 0. The fraction of sp³-hybridized carbons (Fsp3) is 0.364. The molecular formula is C22H26Cl2N2O3. The lowest BCUT2D eigenvalue weighted by Gasteiger charge is -2.09. The van der Waals surface area contributed by atoms with Crippen molar-refractivity contribution in [1.82, 2.24) is 10.6 Å². The van der Waals surface area contributed by atoms with E-state index in [1.165, 1.54) is 11.1 Å². The van der Waals surface area contributed by atoms with E-state index in [0.717, 1.165) is 25.9 Å². The number of Topliss-reactive ketones (excluding diaryl/α,β-unsaturated/α-hetero) is 1. The first kappa shape index (κ1) is 23.2. The van der Waals surface area contributed by atoms with Crippen LogP contribution >= 0.6 is 24.0 Å². The zero-order chi connectivity index (χ0) is 19.8. The summed E-state index contributed by atoms with van der Waals surface area (Å²) < 4.78 is 5.52. The molecule has 0 aromatic heterocycles. The maximum atomic E-state index is 12.4. The first-order valence-electron chi connectivity index (χ1n) is 9.62. The summed E-state index contributed by atoms with van der Waals surface area (Å²) in [5, 5.41) is 6.79. The first-order chi connectivity index (χ1) is 13.6. The van der Waals surface area contributed by atoms with Crippen LogP contribution in [-0.2, 0) is 17.6 Å². The number of fused-ring (bicyclic) bond motifs is 1. The van der Waals surface area contributed by atoms with Crippen molar-refractivity contribution in [2.24, 2.45) is 0 Å². The molecule has 3 rings (SSSR count). The number of hydrogen-bond acceptors (Lipinski definition) is 4. The molecule has 1 amide bonds. The summed E-state index contributed by atoms with van der Waals surface area (Å²) in [5.74, 6) is 0.562. The van der Waals surface area contributed by atoms with E-state index in [1.54, 1.807) is 24.3 Å². The Labute approximate surface area is 182 Å². The van der Waals surface area contributed by atoms with Crippen LogP contribution in [-0.4, -0.2) is 37.9 Å². The third kappa shape index (κ3) is 7.35. The van der Waals surface area contributed by atoms with E-state index >= 15 is 0 Å². The Balaban J connectivity index is 0.00000300. The Morgan fingerprint density at radius 3 is 2.48 bits per heavy atom. The van der Waals surface area contributed by atoms with Crippen molar-refractivity contribution in [1.29, 1.82) is 0 Å². The van der Waals surface area contributed by atoms with Gasteiger partial charge in [0.25, 0.3) is 0 Å². The molecule has 0 saturated heterocycles. The van der Waals surface area contributed by atoms with E-state index in [2.05, 4.69) is 10.6 Å². The highest BCUT2D eigenvalue weighted by Crippen LogP contribution is 2.17. The molecule has 29 heavy (non-hydrogen) atoms. The summed E-state index contributed by atoms with van der Waals surface area (Å²) >= 11 is 5.82. The molecule has 0 unspecified atom stereocenters. The van der Waals surface area contributed by atoms with E-state index in [0.29, 0.717) is 29.5 Å². The number of ketones is 1. The molecule has 0 fully saturated rings. The topological polar surface area (TPSA) is 67.4 Å². The summed E-state index contributed by atoms with van der Waals surface area (Å²) in [6.45, 7) is 2.66. The van der Waals surface area contributed by atoms with Gasteiger partial charge in [-0.05, 0) is 67.4 Å². The molecular weight excluding hydrogens is 411 g/mol. The Bertz CT molecular complexity index is 825. The second kappa shape index (κ2) is 11.8. The molecule has 2 aromatic carbocycles. The van der Waals surface area contributed by atoms with Crippen LogP contribution in [0.25, 0.3) is 0 Å². The van der Waals surface area contributed by atoms with Gasteiger partial charge in [0.15, 0.2) is 5.78 Å². The zero-order valence-corrected chi connectivity index (χ0v) is 17.8. The Morgan fingerprint density at radius 1 is 1.00 bits per heavy atom. The monoisotopic (exact) mass is 436 g/mol. The first-order valence-corrected chi connectivity index (χ1v) is 10.0. The normalized spacial score (nSPS) is 12.9. The van der Waals surface area contributed by atoms with Gasteiger partial charge in [-0.3, -0.25) is 9.59 Å². The summed E-state index contributed by atoms with van der Waals surface area (Å²) in [4.78, 5) is 24.4. The number of halogens is 2. The van der Waals surface area contributed by atoms with Crippen LogP contribution in [0, 0.1) is 0 Å². The SMILES string of the molecule is Cl.O=C(CCC(=O)c1ccc2c(c1)CCNCC2)NCCOc1ccc(Cl)cc1. The Kier molecular flexibility index (Phi) is 9.45. The second-order valence-electron chi connectivity index (χ2n) is 6.81. The van der Waals surface area contributed by atoms with E-state index in [-0.39, 0.29) is 36.9 Å². The predicted octanol–water partition coefficient (Wildman–Crippen LogP) is 3.61. The van der Waals surface area contributed by atoms with Gasteiger partial charge < -0.3 is 15.4 Å². The predicted molar refractivity (Wildman–Crippen MR) is 117 cm³/mol. The minimum atomic E-state index is -0.146. The lowest BCUT2D eigenvalue weighted by Crippen LogP contribution is -2.28. The van der Waals surface area contributed by atoms with Gasteiger partial charge in [0.2, 0.25) is 5.91 Å². The molecule has 0 atom stereocenters. The molecule has 5 nitrogen and oxygen atoms in total. The molecule has 0 aliphatic carbocycles. The van der Waals surface area contributed by atoms with E-state index in [1.807, 2.05) is 18.2 Å². The van der Waals surface area contributed by atoms with Crippen LogP contribution in [0.2, 0.25) is 5.02 Å². The third-order valence-corrected chi connectivity index (χ3v) is 5.01. The molecule has 156 valence electrons. The lowest BCUT2D eigenvalue weighted by atomic mass is 9.97. The van der Waals surface area contributed by atoms with Gasteiger partial charge in [0, 0.05) is 23.4 Å². The molecule has 0 saturated carbocycles. The quantitative estimate of drug-likeness (QED) is 0.489. The minimum Gasteiger partial charge on any atom is -0.492 e. The van der Waals surface area contributed by atoms with Crippen LogP contribution < -0.4 is 15.4 Å². The van der Waals surface area contributed by atoms with Crippen molar-refractivity contribution in [2.75, 3.05) is 26.2 Å². The van der Waals surface area contributed by atoms with Crippen LogP contribution in [0.3, 0.4) is 0 Å². The summed E-state index contributed by atoms with van der Waals surface area (Å²) in [6.07, 6.45) is 2.31. The van der Waals surface area contributed by atoms with Gasteiger partial charge in [-0.2, -0.15) is 0 Å². The van der Waals surface area contributed by atoms with Crippen molar-refractivity contribution in [2.45, 2.75) is 25.7 Å². The standard InChI is InChI=1S/C22H25ClN2O3.ClH/c23-19-3-5-20(6-4-19)28-14-13-25-22(27)8-7-21(26)18-2-1-16-9-11-24-12-10-17(16)15-18;/h1-6,15,24H,7-14H2,(H,25,27);1H. The van der Waals surface area contributed by atoms with Crippen LogP contribution in [0.5, 0.6) is 5.75 Å². The smallest absolute Gasteiger partial charge is 0.220 e. The Morgan fingerprint density at radius 2 is 1.72 bits per heavy atom. The van der Waals surface area contributed by atoms with Gasteiger partial charge in [-0.15, -0.1) is 12.4 Å². The van der Waals surface area contributed by atoms with Crippen molar-refractivity contribution >= 4 is 35.7 Å². The number of carbonyl (C=O) groups excluding carboxylic acids is 2. The van der Waals surface area contributed by atoms with Crippen LogP contribution in [0.15, 0.2) is 42.5 Å². The zero-order valence-electron chi connectivity index (χ0n) is 16.2. The highest BCUT2D eigenvalue weighted by molar-refractivity contribution is 6.30. The van der Waals surface area contributed by atoms with Gasteiger partial charge in [-0.1, -0.05) is 23.7 Å². The van der Waals surface area contributed by atoms with E-state index in [9.17, 15) is 9.59 Å². The number of nitrogens with one attached hydrogen (secondary N) is 2.